The summed E-state index contributed by atoms with van der Waals surface area (Å²) in [4.78, 5) is 22.3. The lowest BCUT2D eigenvalue weighted by atomic mass is 10.0. The van der Waals surface area contributed by atoms with Crippen LogP contribution in [0.25, 0.3) is 0 Å². The molecule has 0 bridgehead atoms. The Morgan fingerprint density at radius 3 is 2.08 bits per heavy atom. The molecule has 0 amide bonds. The summed E-state index contributed by atoms with van der Waals surface area (Å²) in [5.74, 6) is -0.177. The van der Waals surface area contributed by atoms with Crippen molar-refractivity contribution in [2.24, 2.45) is 0 Å². The molecular weight excluding hydrogens is 232 g/mol. The Bertz CT molecular complexity index is 369. The van der Waals surface area contributed by atoms with Crippen molar-refractivity contribution in [3.05, 3.63) is 33.8 Å². The monoisotopic (exact) mass is 240 g/mol. The van der Waals surface area contributed by atoms with Crippen molar-refractivity contribution in [1.29, 1.82) is 0 Å². The summed E-state index contributed by atoms with van der Waals surface area (Å²) >= 11 is 3.25. The molecule has 1 rings (SSSR count). The molecular formula is C10H9BrO2. The van der Waals surface area contributed by atoms with Crippen LogP contribution in [-0.2, 0) is 0 Å². The average Bonchev–Trinajstić information content (AvgIpc) is 2.03. The molecule has 0 saturated heterocycles. The maximum Gasteiger partial charge on any atom is 0.160 e. The standard InChI is InChI=1S/C10H9BrO2/c1-6(12)9-4-3-8(11)5-10(9)7(2)13/h3-5H,1-2H3. The molecule has 0 fully saturated rings. The van der Waals surface area contributed by atoms with Crippen LogP contribution in [0.15, 0.2) is 22.7 Å². The summed E-state index contributed by atoms with van der Waals surface area (Å²) in [7, 11) is 0. The Balaban J connectivity index is 3.35. The van der Waals surface area contributed by atoms with E-state index in [4.69, 9.17) is 0 Å². The third-order valence-electron chi connectivity index (χ3n) is 1.74. The second kappa shape index (κ2) is 3.83. The summed E-state index contributed by atoms with van der Waals surface area (Å²) in [6.07, 6.45) is 0. The molecule has 0 saturated carbocycles. The zero-order chi connectivity index (χ0) is 10.0. The quantitative estimate of drug-likeness (QED) is 0.746. The molecule has 0 spiro atoms. The van der Waals surface area contributed by atoms with Gasteiger partial charge in [0.25, 0.3) is 0 Å². The van der Waals surface area contributed by atoms with Gasteiger partial charge in [-0.05, 0) is 32.0 Å². The van der Waals surface area contributed by atoms with Crippen molar-refractivity contribution in [2.75, 3.05) is 0 Å². The molecule has 1 aromatic rings. The summed E-state index contributed by atoms with van der Waals surface area (Å²) in [6, 6.07) is 5.07. The van der Waals surface area contributed by atoms with Gasteiger partial charge in [-0.25, -0.2) is 0 Å². The van der Waals surface area contributed by atoms with Gasteiger partial charge in [-0.1, -0.05) is 15.9 Å². The van der Waals surface area contributed by atoms with E-state index in [1.807, 2.05) is 0 Å². The SMILES string of the molecule is CC(=O)c1ccc(Br)cc1C(C)=O. The number of hydrogen-bond acceptors (Lipinski definition) is 2. The van der Waals surface area contributed by atoms with Crippen LogP contribution in [-0.4, -0.2) is 11.6 Å². The van der Waals surface area contributed by atoms with Gasteiger partial charge in [0.1, 0.15) is 0 Å². The van der Waals surface area contributed by atoms with Gasteiger partial charge in [0, 0.05) is 15.6 Å². The molecule has 1 aromatic carbocycles. The molecule has 0 radical (unpaired) electrons. The highest BCUT2D eigenvalue weighted by atomic mass is 79.9. The largest absolute Gasteiger partial charge is 0.294 e. The van der Waals surface area contributed by atoms with E-state index >= 15 is 0 Å². The molecule has 2 nitrogen and oxygen atoms in total. The van der Waals surface area contributed by atoms with E-state index in [-0.39, 0.29) is 11.6 Å². The third kappa shape index (κ3) is 2.25. The third-order valence-corrected chi connectivity index (χ3v) is 2.23. The fourth-order valence-corrected chi connectivity index (χ4v) is 1.48. The number of Topliss-reactive ketones (excluding diaryl/α,β-unsaturated/α-hetero) is 2. The summed E-state index contributed by atoms with van der Waals surface area (Å²) in [5.41, 5.74) is 0.956. The van der Waals surface area contributed by atoms with E-state index in [0.717, 1.165) is 4.47 Å². The first-order chi connectivity index (χ1) is 6.02. The summed E-state index contributed by atoms with van der Waals surface area (Å²) in [6.45, 7) is 2.91. The zero-order valence-corrected chi connectivity index (χ0v) is 9.01. The number of halogens is 1. The number of rotatable bonds is 2. The van der Waals surface area contributed by atoms with E-state index in [1.54, 1.807) is 18.2 Å². The fraction of sp³-hybridized carbons (Fsp3) is 0.200. The van der Waals surface area contributed by atoms with E-state index in [9.17, 15) is 9.59 Å². The van der Waals surface area contributed by atoms with Crippen LogP contribution in [0.2, 0.25) is 0 Å². The molecule has 0 aliphatic heterocycles. The first-order valence-corrected chi connectivity index (χ1v) is 4.63. The molecule has 0 aromatic heterocycles. The van der Waals surface area contributed by atoms with E-state index in [0.29, 0.717) is 11.1 Å². The molecule has 0 unspecified atom stereocenters. The van der Waals surface area contributed by atoms with Crippen molar-refractivity contribution < 1.29 is 9.59 Å². The lowest BCUT2D eigenvalue weighted by Crippen LogP contribution is -2.03. The molecule has 3 heteroatoms. The van der Waals surface area contributed by atoms with Crippen molar-refractivity contribution >= 4 is 27.5 Å². The highest BCUT2D eigenvalue weighted by Gasteiger charge is 2.10. The van der Waals surface area contributed by atoms with Gasteiger partial charge in [0.2, 0.25) is 0 Å². The lowest BCUT2D eigenvalue weighted by Gasteiger charge is -2.03. The zero-order valence-electron chi connectivity index (χ0n) is 7.43. The molecule has 0 aliphatic carbocycles. The number of ketones is 2. The highest BCUT2D eigenvalue weighted by Crippen LogP contribution is 2.17. The van der Waals surface area contributed by atoms with Crippen molar-refractivity contribution in [3.63, 3.8) is 0 Å². The van der Waals surface area contributed by atoms with Gasteiger partial charge in [0.05, 0.1) is 0 Å². The van der Waals surface area contributed by atoms with Crippen LogP contribution in [0.3, 0.4) is 0 Å². The molecule has 0 N–H and O–H groups in total. The summed E-state index contributed by atoms with van der Waals surface area (Å²) < 4.78 is 0.808. The highest BCUT2D eigenvalue weighted by molar-refractivity contribution is 9.10. The molecule has 13 heavy (non-hydrogen) atoms. The minimum atomic E-state index is -0.0912. The molecule has 0 aliphatic rings. The predicted octanol–water partition coefficient (Wildman–Crippen LogP) is 2.85. The fourth-order valence-electron chi connectivity index (χ4n) is 1.11. The summed E-state index contributed by atoms with van der Waals surface area (Å²) in [5, 5.41) is 0. The van der Waals surface area contributed by atoms with E-state index in [2.05, 4.69) is 15.9 Å². The Hall–Kier alpha value is -0.960. The number of carbonyl (C=O) groups excluding carboxylic acids is 2. The first-order valence-electron chi connectivity index (χ1n) is 3.84. The topological polar surface area (TPSA) is 34.1 Å². The number of carbonyl (C=O) groups is 2. The average molecular weight is 241 g/mol. The van der Waals surface area contributed by atoms with Gasteiger partial charge >= 0.3 is 0 Å². The van der Waals surface area contributed by atoms with Crippen molar-refractivity contribution in [3.8, 4) is 0 Å². The second-order valence-electron chi connectivity index (χ2n) is 2.80. The van der Waals surface area contributed by atoms with Crippen LogP contribution in [0, 0.1) is 0 Å². The van der Waals surface area contributed by atoms with Crippen LogP contribution >= 0.6 is 15.9 Å². The Morgan fingerprint density at radius 1 is 1.08 bits per heavy atom. The maximum atomic E-state index is 11.1. The van der Waals surface area contributed by atoms with Gasteiger partial charge in [0.15, 0.2) is 11.6 Å². The van der Waals surface area contributed by atoms with Crippen LogP contribution in [0.1, 0.15) is 34.6 Å². The van der Waals surface area contributed by atoms with Crippen LogP contribution in [0.4, 0.5) is 0 Å². The minimum absolute atomic E-state index is 0.0855. The van der Waals surface area contributed by atoms with Gasteiger partial charge < -0.3 is 0 Å². The van der Waals surface area contributed by atoms with Gasteiger partial charge in [-0.3, -0.25) is 9.59 Å². The lowest BCUT2D eigenvalue weighted by molar-refractivity contribution is 0.0980. The predicted molar refractivity (Wildman–Crippen MR) is 54.2 cm³/mol. The second-order valence-corrected chi connectivity index (χ2v) is 3.72. The van der Waals surface area contributed by atoms with Crippen LogP contribution < -0.4 is 0 Å². The molecule has 0 atom stereocenters. The first kappa shape index (κ1) is 10.1. The van der Waals surface area contributed by atoms with Gasteiger partial charge in [-0.15, -0.1) is 0 Å². The van der Waals surface area contributed by atoms with E-state index in [1.165, 1.54) is 13.8 Å². The molecule has 68 valence electrons. The number of benzene rings is 1. The Kier molecular flexibility index (Phi) is 2.98. The number of hydrogen-bond donors (Lipinski definition) is 0. The van der Waals surface area contributed by atoms with Crippen molar-refractivity contribution in [1.82, 2.24) is 0 Å². The molecule has 0 heterocycles. The maximum absolute atomic E-state index is 11.1. The van der Waals surface area contributed by atoms with E-state index < -0.39 is 0 Å². The van der Waals surface area contributed by atoms with Gasteiger partial charge in [-0.2, -0.15) is 0 Å². The normalized spacial score (nSPS) is 9.77. The Labute approximate surface area is 85.1 Å². The van der Waals surface area contributed by atoms with Crippen LogP contribution in [0.5, 0.6) is 0 Å². The van der Waals surface area contributed by atoms with Crippen molar-refractivity contribution in [2.45, 2.75) is 13.8 Å². The minimum Gasteiger partial charge on any atom is -0.294 e. The smallest absolute Gasteiger partial charge is 0.160 e. The Morgan fingerprint density at radius 2 is 1.62 bits per heavy atom.